The highest BCUT2D eigenvalue weighted by molar-refractivity contribution is 5.97. The first-order valence-corrected chi connectivity index (χ1v) is 9.96. The number of anilines is 1. The minimum atomic E-state index is -0.897. The molecule has 0 saturated carbocycles. The SMILES string of the molecule is CCc1ccc(C(CNC(=O)OC(C)(C)C)C(=O)Nc2ccc(C(N)=O)c(F)c2)cc1. The van der Waals surface area contributed by atoms with Crippen LogP contribution in [0.25, 0.3) is 0 Å². The third-order valence-corrected chi connectivity index (χ3v) is 4.46. The molecule has 0 aliphatic rings. The summed E-state index contributed by atoms with van der Waals surface area (Å²) in [5.41, 5.74) is 6.11. The van der Waals surface area contributed by atoms with E-state index in [0.717, 1.165) is 18.1 Å². The lowest BCUT2D eigenvalue weighted by molar-refractivity contribution is -0.117. The largest absolute Gasteiger partial charge is 0.444 e. The summed E-state index contributed by atoms with van der Waals surface area (Å²) in [6.07, 6.45) is 0.200. The zero-order valence-electron chi connectivity index (χ0n) is 18.1. The maximum absolute atomic E-state index is 14.0. The van der Waals surface area contributed by atoms with Gasteiger partial charge in [-0.1, -0.05) is 31.2 Å². The van der Waals surface area contributed by atoms with E-state index in [9.17, 15) is 18.8 Å². The van der Waals surface area contributed by atoms with E-state index in [1.54, 1.807) is 20.8 Å². The summed E-state index contributed by atoms with van der Waals surface area (Å²) in [4.78, 5) is 36.2. The van der Waals surface area contributed by atoms with Crippen LogP contribution in [-0.4, -0.2) is 30.1 Å². The lowest BCUT2D eigenvalue weighted by Crippen LogP contribution is -2.37. The average molecular weight is 429 g/mol. The number of nitrogens with two attached hydrogens (primary N) is 1. The average Bonchev–Trinajstić information content (AvgIpc) is 2.67. The van der Waals surface area contributed by atoms with Crippen LogP contribution in [0.3, 0.4) is 0 Å². The van der Waals surface area contributed by atoms with Gasteiger partial charge in [0, 0.05) is 12.2 Å². The lowest BCUT2D eigenvalue weighted by atomic mass is 9.96. The first-order valence-electron chi connectivity index (χ1n) is 9.96. The molecular formula is C23H28FN3O4. The molecule has 2 rings (SSSR count). The molecule has 0 fully saturated rings. The maximum Gasteiger partial charge on any atom is 0.407 e. The summed E-state index contributed by atoms with van der Waals surface area (Å²) in [6, 6.07) is 11.1. The number of hydrogen-bond donors (Lipinski definition) is 3. The quantitative estimate of drug-likeness (QED) is 0.623. The Hall–Kier alpha value is -3.42. The van der Waals surface area contributed by atoms with Crippen LogP contribution in [-0.2, 0) is 16.0 Å². The maximum atomic E-state index is 14.0. The van der Waals surface area contributed by atoms with E-state index in [1.807, 2.05) is 31.2 Å². The van der Waals surface area contributed by atoms with Gasteiger partial charge in [0.15, 0.2) is 0 Å². The predicted molar refractivity (Wildman–Crippen MR) is 116 cm³/mol. The Morgan fingerprint density at radius 1 is 1.10 bits per heavy atom. The molecule has 0 aliphatic carbocycles. The van der Waals surface area contributed by atoms with Crippen molar-refractivity contribution in [1.29, 1.82) is 0 Å². The number of nitrogens with one attached hydrogen (secondary N) is 2. The number of carbonyl (C=O) groups excluding carboxylic acids is 3. The third kappa shape index (κ3) is 7.09. The van der Waals surface area contributed by atoms with Crippen LogP contribution >= 0.6 is 0 Å². The Morgan fingerprint density at radius 2 is 1.74 bits per heavy atom. The van der Waals surface area contributed by atoms with Gasteiger partial charge in [-0.3, -0.25) is 9.59 Å². The second-order valence-corrected chi connectivity index (χ2v) is 8.08. The van der Waals surface area contributed by atoms with E-state index >= 15 is 0 Å². The lowest BCUT2D eigenvalue weighted by Gasteiger charge is -2.22. The molecule has 0 aliphatic heterocycles. The molecule has 4 N–H and O–H groups in total. The van der Waals surface area contributed by atoms with Crippen molar-refractivity contribution in [2.45, 2.75) is 45.6 Å². The summed E-state index contributed by atoms with van der Waals surface area (Å²) >= 11 is 0. The number of carbonyl (C=O) groups is 3. The van der Waals surface area contributed by atoms with Gasteiger partial charge in [-0.2, -0.15) is 0 Å². The molecule has 2 aromatic rings. The molecule has 0 saturated heterocycles. The highest BCUT2D eigenvalue weighted by atomic mass is 19.1. The van der Waals surface area contributed by atoms with Gasteiger partial charge in [-0.25, -0.2) is 9.18 Å². The number of aryl methyl sites for hydroxylation is 1. The number of primary amides is 1. The summed E-state index contributed by atoms with van der Waals surface area (Å²) in [7, 11) is 0. The standard InChI is InChI=1S/C23H28FN3O4/c1-5-14-6-8-15(9-7-14)18(13-26-22(30)31-23(2,3)4)21(29)27-16-10-11-17(20(25)28)19(24)12-16/h6-12,18H,5,13H2,1-4H3,(H2,25,28)(H,26,30)(H,27,29). The zero-order valence-corrected chi connectivity index (χ0v) is 18.1. The first kappa shape index (κ1) is 23.9. The van der Waals surface area contributed by atoms with Gasteiger partial charge in [-0.15, -0.1) is 0 Å². The van der Waals surface area contributed by atoms with Crippen molar-refractivity contribution < 1.29 is 23.5 Å². The van der Waals surface area contributed by atoms with Crippen LogP contribution in [0, 0.1) is 5.82 Å². The molecule has 0 heterocycles. The minimum absolute atomic E-state index is 0.0198. The van der Waals surface area contributed by atoms with Crippen molar-refractivity contribution in [2.75, 3.05) is 11.9 Å². The topological polar surface area (TPSA) is 111 Å². The second-order valence-electron chi connectivity index (χ2n) is 8.08. The van der Waals surface area contributed by atoms with E-state index in [0.29, 0.717) is 5.56 Å². The monoisotopic (exact) mass is 429 g/mol. The van der Waals surface area contributed by atoms with Crippen molar-refractivity contribution in [3.8, 4) is 0 Å². The van der Waals surface area contributed by atoms with E-state index in [-0.39, 0.29) is 17.8 Å². The van der Waals surface area contributed by atoms with Crippen molar-refractivity contribution in [3.05, 3.63) is 65.0 Å². The first-order chi connectivity index (χ1) is 14.5. The second kappa shape index (κ2) is 10.1. The summed E-state index contributed by atoms with van der Waals surface area (Å²) in [6.45, 7) is 7.22. The third-order valence-electron chi connectivity index (χ3n) is 4.46. The number of benzene rings is 2. The number of alkyl carbamates (subject to hydrolysis) is 1. The predicted octanol–water partition coefficient (Wildman–Crippen LogP) is 3.73. The molecule has 31 heavy (non-hydrogen) atoms. The molecule has 8 heteroatoms. The van der Waals surface area contributed by atoms with E-state index < -0.39 is 35.2 Å². The molecule has 1 unspecified atom stereocenters. The van der Waals surface area contributed by atoms with Gasteiger partial charge in [-0.05, 0) is 56.5 Å². The number of ether oxygens (including phenoxy) is 1. The van der Waals surface area contributed by atoms with Gasteiger partial charge >= 0.3 is 6.09 Å². The van der Waals surface area contributed by atoms with Crippen LogP contribution in [0.2, 0.25) is 0 Å². The molecule has 1 atom stereocenters. The van der Waals surface area contributed by atoms with Crippen LogP contribution in [0.5, 0.6) is 0 Å². The molecule has 2 aromatic carbocycles. The number of amides is 3. The van der Waals surface area contributed by atoms with Gasteiger partial charge in [0.2, 0.25) is 5.91 Å². The van der Waals surface area contributed by atoms with E-state index in [1.165, 1.54) is 12.1 Å². The Balaban J connectivity index is 2.21. The fraction of sp³-hybridized carbons (Fsp3) is 0.348. The van der Waals surface area contributed by atoms with Crippen LogP contribution in [0.4, 0.5) is 14.9 Å². The molecule has 7 nitrogen and oxygen atoms in total. The number of hydrogen-bond acceptors (Lipinski definition) is 4. The summed E-state index contributed by atoms with van der Waals surface area (Å²) in [5.74, 6) is -2.93. The highest BCUT2D eigenvalue weighted by Gasteiger charge is 2.24. The zero-order chi connectivity index (χ0) is 23.2. The summed E-state index contributed by atoms with van der Waals surface area (Å²) < 4.78 is 19.3. The van der Waals surface area contributed by atoms with E-state index in [4.69, 9.17) is 10.5 Å². The minimum Gasteiger partial charge on any atom is -0.444 e. The fourth-order valence-electron chi connectivity index (χ4n) is 2.87. The van der Waals surface area contributed by atoms with E-state index in [2.05, 4.69) is 10.6 Å². The molecule has 0 radical (unpaired) electrons. The van der Waals surface area contributed by atoms with Gasteiger partial charge in [0.1, 0.15) is 11.4 Å². The Labute approximate surface area is 181 Å². The van der Waals surface area contributed by atoms with Crippen LogP contribution < -0.4 is 16.4 Å². The van der Waals surface area contributed by atoms with Gasteiger partial charge in [0.25, 0.3) is 5.91 Å². The molecule has 0 aromatic heterocycles. The molecule has 0 spiro atoms. The van der Waals surface area contributed by atoms with Crippen molar-refractivity contribution in [2.24, 2.45) is 5.73 Å². The summed E-state index contributed by atoms with van der Waals surface area (Å²) in [5, 5.41) is 5.24. The molecular weight excluding hydrogens is 401 g/mol. The Kier molecular flexibility index (Phi) is 7.74. The molecule has 0 bridgehead atoms. The fourth-order valence-corrected chi connectivity index (χ4v) is 2.87. The van der Waals surface area contributed by atoms with Crippen LogP contribution in [0.1, 0.15) is 55.1 Å². The Morgan fingerprint density at radius 3 is 2.26 bits per heavy atom. The van der Waals surface area contributed by atoms with Gasteiger partial charge < -0.3 is 21.1 Å². The highest BCUT2D eigenvalue weighted by Crippen LogP contribution is 2.21. The Bertz CT molecular complexity index is 952. The van der Waals surface area contributed by atoms with Crippen molar-refractivity contribution in [3.63, 3.8) is 0 Å². The van der Waals surface area contributed by atoms with Crippen molar-refractivity contribution in [1.82, 2.24) is 5.32 Å². The molecule has 3 amide bonds. The van der Waals surface area contributed by atoms with Gasteiger partial charge in [0.05, 0.1) is 11.5 Å². The van der Waals surface area contributed by atoms with Crippen LogP contribution in [0.15, 0.2) is 42.5 Å². The van der Waals surface area contributed by atoms with Crippen molar-refractivity contribution >= 4 is 23.6 Å². The number of rotatable bonds is 7. The molecule has 166 valence electrons. The number of halogens is 1. The normalized spacial score (nSPS) is 12.0. The smallest absolute Gasteiger partial charge is 0.407 e.